The van der Waals surface area contributed by atoms with Crippen molar-refractivity contribution in [2.45, 2.75) is 26.6 Å². The lowest BCUT2D eigenvalue weighted by molar-refractivity contribution is 0.0794. The minimum atomic E-state index is -0.667. The first kappa shape index (κ1) is 27.7. The first-order valence-electron chi connectivity index (χ1n) is 12.6. The summed E-state index contributed by atoms with van der Waals surface area (Å²) in [5.41, 5.74) is 1.82. The Bertz CT molecular complexity index is 1440. The molecule has 200 valence electrons. The van der Waals surface area contributed by atoms with Crippen molar-refractivity contribution in [1.82, 2.24) is 0 Å². The Kier molecular flexibility index (Phi) is 9.18. The topological polar surface area (TPSA) is 61.8 Å². The Hall–Kier alpha value is -4.36. The van der Waals surface area contributed by atoms with Crippen LogP contribution in [-0.2, 0) is 11.3 Å². The van der Waals surface area contributed by atoms with Gasteiger partial charge >= 0.3 is 0 Å². The molecule has 0 fully saturated rings. The number of halogens is 2. The lowest BCUT2D eigenvalue weighted by Crippen LogP contribution is -2.19. The Morgan fingerprint density at radius 3 is 2.15 bits per heavy atom. The molecule has 39 heavy (non-hydrogen) atoms. The fourth-order valence-corrected chi connectivity index (χ4v) is 4.15. The van der Waals surface area contributed by atoms with E-state index in [1.54, 1.807) is 72.8 Å². The lowest BCUT2D eigenvalue weighted by atomic mass is 9.91. The standard InChI is InChI=1S/C32H28F2O5/c1-3-37-26-15-16-27(28(19-26)31(36)30(35)21-8-6-5-7-9-21)32(38-4-2)22-10-13-25(14-11-22)39-20-23-18-24(33)12-17-29(23)34/h5-19,32H,3-4,20H2,1-2H3. The quantitative estimate of drug-likeness (QED) is 0.144. The number of carbonyl (C=O) groups is 2. The van der Waals surface area contributed by atoms with Crippen LogP contribution in [0.15, 0.2) is 91.0 Å². The molecule has 7 heteroatoms. The molecule has 0 aliphatic heterocycles. The first-order chi connectivity index (χ1) is 18.9. The Morgan fingerprint density at radius 2 is 1.46 bits per heavy atom. The molecule has 0 N–H and O–H groups in total. The van der Waals surface area contributed by atoms with Crippen molar-refractivity contribution < 1.29 is 32.6 Å². The molecule has 0 spiro atoms. The van der Waals surface area contributed by atoms with Crippen LogP contribution >= 0.6 is 0 Å². The highest BCUT2D eigenvalue weighted by molar-refractivity contribution is 6.49. The molecule has 4 aromatic carbocycles. The van der Waals surface area contributed by atoms with Gasteiger partial charge < -0.3 is 14.2 Å². The number of rotatable bonds is 12. The number of Topliss-reactive ketones (excluding diaryl/α,β-unsaturated/α-hetero) is 2. The highest BCUT2D eigenvalue weighted by Crippen LogP contribution is 2.33. The van der Waals surface area contributed by atoms with Crippen molar-refractivity contribution in [3.05, 3.63) is 130 Å². The van der Waals surface area contributed by atoms with Crippen LogP contribution in [0.2, 0.25) is 0 Å². The minimum absolute atomic E-state index is 0.104. The van der Waals surface area contributed by atoms with Gasteiger partial charge in [0.2, 0.25) is 11.6 Å². The zero-order valence-electron chi connectivity index (χ0n) is 21.7. The second-order valence-electron chi connectivity index (χ2n) is 8.64. The summed E-state index contributed by atoms with van der Waals surface area (Å²) < 4.78 is 44.7. The number of ether oxygens (including phenoxy) is 3. The zero-order valence-corrected chi connectivity index (χ0v) is 21.7. The summed E-state index contributed by atoms with van der Waals surface area (Å²) in [6.45, 7) is 4.27. The molecule has 1 unspecified atom stereocenters. The van der Waals surface area contributed by atoms with Gasteiger partial charge in [-0.25, -0.2) is 8.78 Å². The summed E-state index contributed by atoms with van der Waals surface area (Å²) in [6.07, 6.45) is -0.664. The summed E-state index contributed by atoms with van der Waals surface area (Å²) >= 11 is 0. The molecule has 0 heterocycles. The number of hydrogen-bond acceptors (Lipinski definition) is 5. The van der Waals surface area contributed by atoms with E-state index >= 15 is 0 Å². The minimum Gasteiger partial charge on any atom is -0.494 e. The van der Waals surface area contributed by atoms with Gasteiger partial charge in [0.25, 0.3) is 0 Å². The van der Waals surface area contributed by atoms with Crippen LogP contribution < -0.4 is 9.47 Å². The SMILES string of the molecule is CCOc1ccc(C(OCC)c2ccc(OCc3cc(F)ccc3F)cc2)c(C(=O)C(=O)c2ccccc2)c1. The molecule has 0 saturated heterocycles. The average molecular weight is 531 g/mol. The Balaban J connectivity index is 1.64. The molecule has 4 rings (SSSR count). The maximum atomic E-state index is 13.9. The number of hydrogen-bond donors (Lipinski definition) is 0. The molecule has 0 aliphatic carbocycles. The molecule has 0 amide bonds. The van der Waals surface area contributed by atoms with Crippen LogP contribution in [0.25, 0.3) is 0 Å². The van der Waals surface area contributed by atoms with Crippen molar-refractivity contribution in [2.24, 2.45) is 0 Å². The van der Waals surface area contributed by atoms with Gasteiger partial charge in [-0.15, -0.1) is 0 Å². The van der Waals surface area contributed by atoms with E-state index in [0.29, 0.717) is 41.4 Å². The average Bonchev–Trinajstić information content (AvgIpc) is 2.97. The summed E-state index contributed by atoms with van der Waals surface area (Å²) in [6, 6.07) is 23.5. The Labute approximate surface area is 226 Å². The van der Waals surface area contributed by atoms with E-state index in [4.69, 9.17) is 14.2 Å². The van der Waals surface area contributed by atoms with Crippen molar-refractivity contribution in [2.75, 3.05) is 13.2 Å². The molecule has 5 nitrogen and oxygen atoms in total. The molecule has 0 saturated carbocycles. The first-order valence-corrected chi connectivity index (χ1v) is 12.6. The highest BCUT2D eigenvalue weighted by Gasteiger charge is 2.27. The molecule has 4 aromatic rings. The van der Waals surface area contributed by atoms with E-state index in [1.165, 1.54) is 0 Å². The zero-order chi connectivity index (χ0) is 27.8. The second kappa shape index (κ2) is 12.9. The fraction of sp³-hybridized carbons (Fsp3) is 0.188. The second-order valence-corrected chi connectivity index (χ2v) is 8.64. The van der Waals surface area contributed by atoms with Gasteiger partial charge in [-0.05, 0) is 67.4 Å². The number of ketones is 2. The smallest absolute Gasteiger partial charge is 0.234 e. The van der Waals surface area contributed by atoms with Gasteiger partial charge in [0.15, 0.2) is 0 Å². The largest absolute Gasteiger partial charge is 0.494 e. The predicted octanol–water partition coefficient (Wildman–Crippen LogP) is 7.13. The van der Waals surface area contributed by atoms with Crippen molar-refractivity contribution >= 4 is 11.6 Å². The van der Waals surface area contributed by atoms with Gasteiger partial charge in [0.1, 0.15) is 35.8 Å². The van der Waals surface area contributed by atoms with Crippen molar-refractivity contribution in [1.29, 1.82) is 0 Å². The summed E-state index contributed by atoms with van der Waals surface area (Å²) in [4.78, 5) is 26.5. The van der Waals surface area contributed by atoms with Crippen LogP contribution in [0.4, 0.5) is 8.78 Å². The van der Waals surface area contributed by atoms with Gasteiger partial charge in [-0.3, -0.25) is 9.59 Å². The van der Waals surface area contributed by atoms with Crippen LogP contribution in [0, 0.1) is 11.6 Å². The molecule has 1 atom stereocenters. The Morgan fingerprint density at radius 1 is 0.744 bits per heavy atom. The molecular weight excluding hydrogens is 502 g/mol. The van der Waals surface area contributed by atoms with Crippen LogP contribution in [0.1, 0.15) is 57.4 Å². The maximum Gasteiger partial charge on any atom is 0.234 e. The van der Waals surface area contributed by atoms with E-state index < -0.39 is 29.3 Å². The lowest BCUT2D eigenvalue weighted by Gasteiger charge is -2.22. The third-order valence-corrected chi connectivity index (χ3v) is 6.02. The molecule has 0 bridgehead atoms. The summed E-state index contributed by atoms with van der Waals surface area (Å²) in [7, 11) is 0. The number of benzene rings is 4. The van der Waals surface area contributed by atoms with Crippen LogP contribution in [0.5, 0.6) is 11.5 Å². The normalized spacial score (nSPS) is 11.6. The van der Waals surface area contributed by atoms with Crippen molar-refractivity contribution in [3.63, 3.8) is 0 Å². The van der Waals surface area contributed by atoms with E-state index in [0.717, 1.165) is 18.2 Å². The van der Waals surface area contributed by atoms with Crippen LogP contribution in [0.3, 0.4) is 0 Å². The van der Waals surface area contributed by atoms with Gasteiger partial charge in [-0.2, -0.15) is 0 Å². The van der Waals surface area contributed by atoms with Crippen molar-refractivity contribution in [3.8, 4) is 11.5 Å². The highest BCUT2D eigenvalue weighted by atomic mass is 19.1. The summed E-state index contributed by atoms with van der Waals surface area (Å²) in [5, 5.41) is 0. The molecule has 0 aromatic heterocycles. The summed E-state index contributed by atoms with van der Waals surface area (Å²) in [5.74, 6) is -1.49. The third kappa shape index (κ3) is 6.75. The van der Waals surface area contributed by atoms with E-state index in [1.807, 2.05) is 13.8 Å². The van der Waals surface area contributed by atoms with Gasteiger partial charge in [0, 0.05) is 23.3 Å². The monoisotopic (exact) mass is 530 g/mol. The van der Waals surface area contributed by atoms with Gasteiger partial charge in [-0.1, -0.05) is 48.5 Å². The van der Waals surface area contributed by atoms with E-state index in [9.17, 15) is 18.4 Å². The number of carbonyl (C=O) groups excluding carboxylic acids is 2. The van der Waals surface area contributed by atoms with E-state index in [2.05, 4.69) is 0 Å². The van der Waals surface area contributed by atoms with E-state index in [-0.39, 0.29) is 17.7 Å². The molecular formula is C32H28F2O5. The molecule has 0 radical (unpaired) electrons. The maximum absolute atomic E-state index is 13.9. The van der Waals surface area contributed by atoms with Gasteiger partial charge in [0.05, 0.1) is 6.61 Å². The fourth-order valence-electron chi connectivity index (χ4n) is 4.15. The van der Waals surface area contributed by atoms with Crippen LogP contribution in [-0.4, -0.2) is 24.8 Å². The molecule has 0 aliphatic rings. The predicted molar refractivity (Wildman–Crippen MR) is 143 cm³/mol. The third-order valence-electron chi connectivity index (χ3n) is 6.02.